The average molecular weight is 602 g/mol. The monoisotopic (exact) mass is 601 g/mol. The first kappa shape index (κ1) is 38.6. The summed E-state index contributed by atoms with van der Waals surface area (Å²) in [6.45, 7) is 17.2. The van der Waals surface area contributed by atoms with E-state index in [-0.39, 0.29) is 23.3 Å². The molecule has 2 amide bonds. The average Bonchev–Trinajstić information content (AvgIpc) is 2.84. The van der Waals surface area contributed by atoms with Gasteiger partial charge < -0.3 is 25.7 Å². The van der Waals surface area contributed by atoms with E-state index in [0.717, 1.165) is 11.1 Å². The number of nitrogens with zero attached hydrogens (tertiary/aromatic N) is 1. The molecule has 0 bridgehead atoms. The van der Waals surface area contributed by atoms with Gasteiger partial charge in [0.1, 0.15) is 6.04 Å². The van der Waals surface area contributed by atoms with Crippen LogP contribution in [-0.2, 0) is 24.6 Å². The molecule has 0 heterocycles. The molecular formula is C30H46F3N3O6. The highest BCUT2D eigenvalue weighted by Gasteiger charge is 2.42. The molecule has 0 aliphatic rings. The van der Waals surface area contributed by atoms with E-state index in [0.29, 0.717) is 0 Å². The number of aryl methyl sites for hydroxylation is 1. The second kappa shape index (κ2) is 15.2. The molecule has 9 nitrogen and oxygen atoms in total. The topological polar surface area (TPSA) is 136 Å². The first-order valence-corrected chi connectivity index (χ1v) is 13.4. The van der Waals surface area contributed by atoms with Gasteiger partial charge in [-0.25, -0.2) is 9.59 Å². The van der Waals surface area contributed by atoms with Crippen molar-refractivity contribution in [1.82, 2.24) is 15.5 Å². The second-order valence-electron chi connectivity index (χ2n) is 12.3. The van der Waals surface area contributed by atoms with Gasteiger partial charge in [0.15, 0.2) is 0 Å². The van der Waals surface area contributed by atoms with Gasteiger partial charge in [0.2, 0.25) is 11.8 Å². The molecule has 0 saturated heterocycles. The third kappa shape index (κ3) is 11.1. The second-order valence-corrected chi connectivity index (χ2v) is 12.3. The van der Waals surface area contributed by atoms with Crippen molar-refractivity contribution in [2.75, 3.05) is 14.1 Å². The highest BCUT2D eigenvalue weighted by atomic mass is 19.4. The number of carbonyl (C=O) groups excluding carboxylic acids is 2. The van der Waals surface area contributed by atoms with E-state index in [9.17, 15) is 32.7 Å². The van der Waals surface area contributed by atoms with E-state index in [1.165, 1.54) is 6.92 Å². The maximum absolute atomic E-state index is 13.7. The van der Waals surface area contributed by atoms with Gasteiger partial charge in [0.25, 0.3) is 0 Å². The molecule has 1 aromatic rings. The number of carboxylic acid groups (broad SMARTS) is 2. The summed E-state index contributed by atoms with van der Waals surface area (Å²) in [5.41, 5.74) is 1.23. The molecule has 0 saturated carbocycles. The number of aliphatic carboxylic acids is 2. The number of alkyl halides is 3. The fourth-order valence-electron chi connectivity index (χ4n) is 4.27. The van der Waals surface area contributed by atoms with Crippen LogP contribution in [0.4, 0.5) is 13.2 Å². The van der Waals surface area contributed by atoms with Gasteiger partial charge in [-0.1, -0.05) is 84.4 Å². The maximum atomic E-state index is 13.7. The zero-order valence-corrected chi connectivity index (χ0v) is 26.3. The third-order valence-electron chi connectivity index (χ3n) is 6.95. The molecule has 0 aromatic heterocycles. The van der Waals surface area contributed by atoms with Crippen LogP contribution < -0.4 is 10.6 Å². The van der Waals surface area contributed by atoms with Crippen LogP contribution in [0.25, 0.3) is 0 Å². The molecule has 0 fully saturated rings. The van der Waals surface area contributed by atoms with Gasteiger partial charge in [-0.05, 0) is 37.8 Å². The Morgan fingerprint density at radius 3 is 1.71 bits per heavy atom. The zero-order chi connectivity index (χ0) is 33.4. The van der Waals surface area contributed by atoms with Crippen LogP contribution in [0.1, 0.15) is 66.5 Å². The Hall–Kier alpha value is -3.41. The number of hydrogen-bond donors (Lipinski definition) is 4. The Kier molecular flexibility index (Phi) is 13.9. The predicted octanol–water partition coefficient (Wildman–Crippen LogP) is 4.54. The van der Waals surface area contributed by atoms with Gasteiger partial charge in [-0.15, -0.1) is 0 Å². The number of carbonyl (C=O) groups is 4. The maximum Gasteiger partial charge on any atom is 0.490 e. The molecule has 4 N–H and O–H groups in total. The zero-order valence-electron chi connectivity index (χ0n) is 26.3. The summed E-state index contributed by atoms with van der Waals surface area (Å²) in [5, 5.41) is 22.6. The van der Waals surface area contributed by atoms with Crippen LogP contribution in [0.2, 0.25) is 0 Å². The SMILES string of the molecule is CN[C@@H](C(=O)N[C@H](C(=O)N(C)[C@H](/C=C(\C)C(=O)O)C(C)C)C(C)(C)C)C(C)(C)c1ccc(C)cc1.O=C(O)C(F)(F)F. The molecule has 3 atom stereocenters. The molecule has 1 rings (SSSR count). The lowest BCUT2D eigenvalue weighted by atomic mass is 9.76. The molecular weight excluding hydrogens is 555 g/mol. The molecule has 0 unspecified atom stereocenters. The minimum absolute atomic E-state index is 0.0138. The van der Waals surface area contributed by atoms with E-state index < -0.39 is 47.1 Å². The van der Waals surface area contributed by atoms with Crippen molar-refractivity contribution in [2.24, 2.45) is 11.3 Å². The first-order chi connectivity index (χ1) is 18.9. The van der Waals surface area contributed by atoms with Crippen LogP contribution in [0.15, 0.2) is 35.9 Å². The summed E-state index contributed by atoms with van der Waals surface area (Å²) in [4.78, 5) is 49.1. The standard InChI is InChI=1S/C28H45N3O4.C2HF3O2/c1-17(2)21(16-19(4)26(34)35)31(11)25(33)23(27(5,6)7)30-24(32)22(29-10)28(8,9)20-14-12-18(3)13-15-20;3-2(4,5)1(6)7/h12-17,21-23,29H,1-11H3,(H,30,32)(H,34,35);(H,6,7)/b19-16+;/t21-,22+,23-;/m1./s1. The van der Waals surface area contributed by atoms with Crippen LogP contribution in [-0.4, -0.2) is 77.3 Å². The number of nitrogens with one attached hydrogen (secondary N) is 2. The third-order valence-corrected chi connectivity index (χ3v) is 6.95. The highest BCUT2D eigenvalue weighted by Crippen LogP contribution is 2.29. The van der Waals surface area contributed by atoms with Gasteiger partial charge in [0, 0.05) is 18.0 Å². The fourth-order valence-corrected chi connectivity index (χ4v) is 4.27. The highest BCUT2D eigenvalue weighted by molar-refractivity contribution is 5.91. The Labute approximate surface area is 246 Å². The largest absolute Gasteiger partial charge is 0.490 e. The Morgan fingerprint density at radius 2 is 1.38 bits per heavy atom. The Morgan fingerprint density at radius 1 is 0.929 bits per heavy atom. The number of rotatable bonds is 10. The number of hydrogen-bond acceptors (Lipinski definition) is 5. The lowest BCUT2D eigenvalue weighted by Crippen LogP contribution is -2.61. The van der Waals surface area contributed by atoms with Crippen LogP contribution >= 0.6 is 0 Å². The first-order valence-electron chi connectivity index (χ1n) is 13.4. The molecule has 0 spiro atoms. The lowest BCUT2D eigenvalue weighted by Gasteiger charge is -2.40. The van der Waals surface area contributed by atoms with Crippen molar-refractivity contribution in [2.45, 2.75) is 92.0 Å². The van der Waals surface area contributed by atoms with Gasteiger partial charge in [-0.3, -0.25) is 9.59 Å². The Balaban J connectivity index is 0.00000212. The molecule has 1 aromatic carbocycles. The fraction of sp³-hybridized carbons (Fsp3) is 0.600. The number of halogens is 3. The Bertz CT molecular complexity index is 1120. The summed E-state index contributed by atoms with van der Waals surface area (Å²) < 4.78 is 31.7. The van der Waals surface area contributed by atoms with E-state index in [2.05, 4.69) is 10.6 Å². The summed E-state index contributed by atoms with van der Waals surface area (Å²) in [6.07, 6.45) is -3.48. The lowest BCUT2D eigenvalue weighted by molar-refractivity contribution is -0.192. The van der Waals surface area contributed by atoms with Crippen molar-refractivity contribution in [1.29, 1.82) is 0 Å². The molecule has 12 heteroatoms. The molecule has 0 aliphatic carbocycles. The molecule has 42 heavy (non-hydrogen) atoms. The molecule has 0 radical (unpaired) electrons. The molecule has 0 aliphatic heterocycles. The van der Waals surface area contributed by atoms with E-state index in [4.69, 9.17) is 9.90 Å². The number of amides is 2. The van der Waals surface area contributed by atoms with Crippen molar-refractivity contribution < 1.29 is 42.6 Å². The van der Waals surface area contributed by atoms with Crippen molar-refractivity contribution in [3.8, 4) is 0 Å². The van der Waals surface area contributed by atoms with Gasteiger partial charge in [-0.2, -0.15) is 13.2 Å². The summed E-state index contributed by atoms with van der Waals surface area (Å²) in [7, 11) is 3.41. The predicted molar refractivity (Wildman–Crippen MR) is 155 cm³/mol. The summed E-state index contributed by atoms with van der Waals surface area (Å²) in [6, 6.07) is 6.29. The summed E-state index contributed by atoms with van der Waals surface area (Å²) in [5.74, 6) is -4.32. The number of likely N-dealkylation sites (N-methyl/N-ethyl adjacent to an activating group) is 2. The minimum Gasteiger partial charge on any atom is -0.478 e. The van der Waals surface area contributed by atoms with E-state index in [1.807, 2.05) is 79.7 Å². The quantitative estimate of drug-likeness (QED) is 0.289. The summed E-state index contributed by atoms with van der Waals surface area (Å²) >= 11 is 0. The van der Waals surface area contributed by atoms with Gasteiger partial charge >= 0.3 is 18.1 Å². The van der Waals surface area contributed by atoms with Crippen molar-refractivity contribution >= 4 is 23.8 Å². The van der Waals surface area contributed by atoms with Crippen LogP contribution in [0.3, 0.4) is 0 Å². The van der Waals surface area contributed by atoms with Gasteiger partial charge in [0.05, 0.1) is 12.1 Å². The van der Waals surface area contributed by atoms with E-state index >= 15 is 0 Å². The smallest absolute Gasteiger partial charge is 0.478 e. The van der Waals surface area contributed by atoms with Crippen LogP contribution in [0.5, 0.6) is 0 Å². The normalized spacial score (nSPS) is 14.7. The van der Waals surface area contributed by atoms with Crippen molar-refractivity contribution in [3.63, 3.8) is 0 Å². The van der Waals surface area contributed by atoms with E-state index in [1.54, 1.807) is 25.1 Å². The minimum atomic E-state index is -5.08. The number of carboxylic acids is 2. The van der Waals surface area contributed by atoms with Crippen molar-refractivity contribution in [3.05, 3.63) is 47.0 Å². The van der Waals surface area contributed by atoms with Crippen LogP contribution in [0, 0.1) is 18.3 Å². The number of benzene rings is 1. The molecule has 238 valence electrons.